The van der Waals surface area contributed by atoms with Gasteiger partial charge in [0.1, 0.15) is 5.82 Å². The van der Waals surface area contributed by atoms with Gasteiger partial charge in [-0.2, -0.15) is 0 Å². The molecule has 5 heteroatoms. The maximum absolute atomic E-state index is 6.02. The molecule has 0 aromatic carbocycles. The van der Waals surface area contributed by atoms with Gasteiger partial charge in [0.15, 0.2) is 0 Å². The number of hydrogen-bond donors (Lipinski definition) is 2. The Morgan fingerprint density at radius 2 is 2.24 bits per heavy atom. The minimum Gasteiger partial charge on any atom is -0.383 e. The molecule has 2 unspecified atom stereocenters. The van der Waals surface area contributed by atoms with Crippen LogP contribution in [0.5, 0.6) is 0 Å². The third-order valence-corrected chi connectivity index (χ3v) is 4.41. The van der Waals surface area contributed by atoms with Gasteiger partial charge in [-0.3, -0.25) is 0 Å². The summed E-state index contributed by atoms with van der Waals surface area (Å²) < 4.78 is 0. The van der Waals surface area contributed by atoms with Gasteiger partial charge in [0, 0.05) is 24.8 Å². The number of aromatic nitrogens is 1. The maximum Gasteiger partial charge on any atom is 0.126 e. The van der Waals surface area contributed by atoms with Crippen molar-refractivity contribution in [2.45, 2.75) is 31.8 Å². The monoisotopic (exact) mass is 291 g/mol. The van der Waals surface area contributed by atoms with Crippen LogP contribution in [0.2, 0.25) is 0 Å². The lowest BCUT2D eigenvalue weighted by Gasteiger charge is -2.35. The Labute approximate surface area is 128 Å². The van der Waals surface area contributed by atoms with Crippen LogP contribution in [-0.2, 0) is 6.42 Å². The third-order valence-electron chi connectivity index (χ3n) is 4.41. The number of rotatable bonds is 5. The molecule has 3 N–H and O–H groups in total. The number of nitrogens with zero attached hydrogens (tertiary/aromatic N) is 3. The zero-order valence-corrected chi connectivity index (χ0v) is 13.5. The number of pyridine rings is 1. The third kappa shape index (κ3) is 4.40. The lowest BCUT2D eigenvalue weighted by molar-refractivity contribution is 0.178. The summed E-state index contributed by atoms with van der Waals surface area (Å²) in [5.41, 5.74) is 7.17. The summed E-state index contributed by atoms with van der Waals surface area (Å²) in [4.78, 5) is 9.14. The molecule has 2 atom stereocenters. The molecule has 21 heavy (non-hydrogen) atoms. The highest BCUT2D eigenvalue weighted by Gasteiger charge is 2.28. The highest BCUT2D eigenvalue weighted by atomic mass is 15.2. The van der Waals surface area contributed by atoms with Crippen LogP contribution in [-0.4, -0.2) is 67.1 Å². The molecule has 2 rings (SSSR count). The van der Waals surface area contributed by atoms with E-state index in [1.807, 2.05) is 6.07 Å². The van der Waals surface area contributed by atoms with Crippen molar-refractivity contribution in [3.63, 3.8) is 0 Å². The highest BCUT2D eigenvalue weighted by molar-refractivity contribution is 5.39. The Hall–Kier alpha value is -1.17. The zero-order chi connectivity index (χ0) is 15.2. The van der Waals surface area contributed by atoms with E-state index in [0.29, 0.717) is 17.9 Å². The quantitative estimate of drug-likeness (QED) is 0.841. The summed E-state index contributed by atoms with van der Waals surface area (Å²) in [7, 11) is 4.45. The van der Waals surface area contributed by atoms with E-state index < -0.39 is 0 Å². The smallest absolute Gasteiger partial charge is 0.126 e. The molecule has 118 valence electrons. The Morgan fingerprint density at radius 1 is 1.43 bits per heavy atom. The molecule has 0 spiro atoms. The van der Waals surface area contributed by atoms with Gasteiger partial charge in [-0.15, -0.1) is 0 Å². The fourth-order valence-electron chi connectivity index (χ4n) is 3.21. The average molecular weight is 291 g/mol. The van der Waals surface area contributed by atoms with Crippen molar-refractivity contribution in [2.24, 2.45) is 0 Å². The van der Waals surface area contributed by atoms with Crippen LogP contribution in [0.4, 0.5) is 5.82 Å². The predicted octanol–water partition coefficient (Wildman–Crippen LogP) is 0.820. The molecule has 2 heterocycles. The van der Waals surface area contributed by atoms with Gasteiger partial charge in [-0.25, -0.2) is 4.98 Å². The van der Waals surface area contributed by atoms with E-state index >= 15 is 0 Å². The number of anilines is 1. The Bertz CT molecular complexity index is 436. The van der Waals surface area contributed by atoms with Crippen molar-refractivity contribution in [3.05, 3.63) is 23.9 Å². The molecular formula is C16H29N5. The maximum atomic E-state index is 6.02. The minimum absolute atomic E-state index is 0.395. The molecule has 5 nitrogen and oxygen atoms in total. The van der Waals surface area contributed by atoms with Crippen LogP contribution < -0.4 is 11.1 Å². The van der Waals surface area contributed by atoms with Crippen LogP contribution in [0.25, 0.3) is 0 Å². The molecule has 0 amide bonds. The van der Waals surface area contributed by atoms with Gasteiger partial charge in [0.2, 0.25) is 0 Å². The molecule has 1 saturated heterocycles. The van der Waals surface area contributed by atoms with Crippen molar-refractivity contribution in [3.8, 4) is 0 Å². The van der Waals surface area contributed by atoms with Gasteiger partial charge in [-0.1, -0.05) is 13.0 Å². The summed E-state index contributed by atoms with van der Waals surface area (Å²) in [6, 6.07) is 4.95. The topological polar surface area (TPSA) is 57.4 Å². The SMILES string of the molecule is CCNC(Cc1cccnc1N)C1CN(C)CCCN1C. The average Bonchev–Trinajstić information content (AvgIpc) is 2.62. The van der Waals surface area contributed by atoms with Gasteiger partial charge in [0.25, 0.3) is 0 Å². The fourth-order valence-corrected chi connectivity index (χ4v) is 3.21. The predicted molar refractivity (Wildman–Crippen MR) is 88.4 cm³/mol. The van der Waals surface area contributed by atoms with E-state index in [4.69, 9.17) is 5.73 Å². The summed E-state index contributed by atoms with van der Waals surface area (Å²) in [5, 5.41) is 3.66. The summed E-state index contributed by atoms with van der Waals surface area (Å²) >= 11 is 0. The number of likely N-dealkylation sites (N-methyl/N-ethyl adjacent to an activating group) is 3. The van der Waals surface area contributed by atoms with E-state index in [9.17, 15) is 0 Å². The summed E-state index contributed by atoms with van der Waals surface area (Å²) in [6.45, 7) is 6.56. The van der Waals surface area contributed by atoms with E-state index in [-0.39, 0.29) is 0 Å². The lowest BCUT2D eigenvalue weighted by atomic mass is 9.98. The Balaban J connectivity index is 2.14. The molecule has 1 aliphatic heterocycles. The molecule has 1 aromatic rings. The molecule has 0 aliphatic carbocycles. The molecule has 1 aliphatic rings. The number of nitrogens with one attached hydrogen (secondary N) is 1. The fraction of sp³-hybridized carbons (Fsp3) is 0.688. The molecule has 0 bridgehead atoms. The van der Waals surface area contributed by atoms with Crippen LogP contribution in [0, 0.1) is 0 Å². The van der Waals surface area contributed by atoms with Crippen LogP contribution in [0.3, 0.4) is 0 Å². The second-order valence-corrected chi connectivity index (χ2v) is 6.08. The van der Waals surface area contributed by atoms with E-state index in [1.165, 1.54) is 13.0 Å². The van der Waals surface area contributed by atoms with Crippen LogP contribution >= 0.6 is 0 Å². The van der Waals surface area contributed by atoms with Crippen molar-refractivity contribution in [1.82, 2.24) is 20.1 Å². The van der Waals surface area contributed by atoms with Gasteiger partial charge in [0.05, 0.1) is 0 Å². The van der Waals surface area contributed by atoms with Crippen molar-refractivity contribution < 1.29 is 0 Å². The van der Waals surface area contributed by atoms with Gasteiger partial charge in [-0.05, 0) is 58.2 Å². The molecule has 1 fully saturated rings. The summed E-state index contributed by atoms with van der Waals surface area (Å²) in [5.74, 6) is 0.657. The second kappa shape index (κ2) is 7.73. The molecule has 1 aromatic heterocycles. The van der Waals surface area contributed by atoms with E-state index in [2.05, 4.69) is 47.2 Å². The normalized spacial score (nSPS) is 22.9. The lowest BCUT2D eigenvalue weighted by Crippen LogP contribution is -2.53. The first kappa shape index (κ1) is 16.2. The van der Waals surface area contributed by atoms with Crippen molar-refractivity contribution in [2.75, 3.05) is 46.0 Å². The molecular weight excluding hydrogens is 262 g/mol. The largest absolute Gasteiger partial charge is 0.383 e. The molecule has 0 saturated carbocycles. The van der Waals surface area contributed by atoms with Crippen LogP contribution in [0.15, 0.2) is 18.3 Å². The molecule has 0 radical (unpaired) electrons. The van der Waals surface area contributed by atoms with Crippen LogP contribution in [0.1, 0.15) is 18.9 Å². The minimum atomic E-state index is 0.395. The zero-order valence-electron chi connectivity index (χ0n) is 13.5. The Morgan fingerprint density at radius 3 is 2.95 bits per heavy atom. The van der Waals surface area contributed by atoms with Crippen molar-refractivity contribution in [1.29, 1.82) is 0 Å². The number of nitrogen functional groups attached to an aromatic ring is 1. The first-order valence-electron chi connectivity index (χ1n) is 7.93. The number of nitrogens with two attached hydrogens (primary N) is 1. The highest BCUT2D eigenvalue weighted by Crippen LogP contribution is 2.17. The van der Waals surface area contributed by atoms with Gasteiger partial charge >= 0.3 is 0 Å². The summed E-state index contributed by atoms with van der Waals surface area (Å²) in [6.07, 6.45) is 3.92. The first-order valence-corrected chi connectivity index (χ1v) is 7.93. The van der Waals surface area contributed by atoms with Crippen molar-refractivity contribution >= 4 is 5.82 Å². The standard InChI is InChI=1S/C16H29N5/c1-4-18-14(11-13-7-5-8-19-16(13)17)15-12-20(2)9-6-10-21(15)3/h5,7-8,14-15,18H,4,6,9-12H2,1-3H3,(H2,17,19). The second-order valence-electron chi connectivity index (χ2n) is 6.08. The number of hydrogen-bond acceptors (Lipinski definition) is 5. The van der Waals surface area contributed by atoms with E-state index in [0.717, 1.165) is 31.6 Å². The van der Waals surface area contributed by atoms with Gasteiger partial charge < -0.3 is 20.9 Å². The first-order chi connectivity index (χ1) is 10.1. The van der Waals surface area contributed by atoms with E-state index in [1.54, 1.807) is 6.20 Å². The Kier molecular flexibility index (Phi) is 5.96.